The molecule has 3 aromatic rings. The fourth-order valence-corrected chi connectivity index (χ4v) is 3.11. The zero-order valence-electron chi connectivity index (χ0n) is 18.4. The molecule has 0 fully saturated rings. The van der Waals surface area contributed by atoms with Gasteiger partial charge in [-0.05, 0) is 56.2 Å². The van der Waals surface area contributed by atoms with Crippen LogP contribution in [0.15, 0.2) is 52.9 Å². The van der Waals surface area contributed by atoms with Crippen molar-refractivity contribution >= 4 is 17.6 Å². The molecule has 1 atom stereocenters. The number of rotatable bonds is 8. The second-order valence-corrected chi connectivity index (χ2v) is 7.53. The van der Waals surface area contributed by atoms with E-state index in [9.17, 15) is 14.0 Å². The summed E-state index contributed by atoms with van der Waals surface area (Å²) in [6.07, 6.45) is 1.19. The molecule has 0 aliphatic heterocycles. The third-order valence-corrected chi connectivity index (χ3v) is 4.97. The number of oxazole rings is 1. The van der Waals surface area contributed by atoms with Crippen LogP contribution in [-0.2, 0) is 11.3 Å². The summed E-state index contributed by atoms with van der Waals surface area (Å²) < 4.78 is 18.7. The number of nitrogens with one attached hydrogen (secondary N) is 3. The van der Waals surface area contributed by atoms with Gasteiger partial charge in [0.2, 0.25) is 11.8 Å². The number of urea groups is 1. The Morgan fingerprint density at radius 1 is 1.12 bits per heavy atom. The number of nitrogens with zero attached hydrogens (tertiary/aromatic N) is 1. The van der Waals surface area contributed by atoms with Crippen LogP contribution in [0.25, 0.3) is 11.5 Å². The van der Waals surface area contributed by atoms with Crippen LogP contribution in [0.4, 0.5) is 14.9 Å². The van der Waals surface area contributed by atoms with Crippen molar-refractivity contribution in [2.24, 2.45) is 0 Å². The van der Waals surface area contributed by atoms with Gasteiger partial charge in [0.05, 0.1) is 5.69 Å². The third-order valence-electron chi connectivity index (χ3n) is 4.97. The van der Waals surface area contributed by atoms with Crippen molar-refractivity contribution in [3.8, 4) is 11.5 Å². The normalized spacial score (nSPS) is 11.6. The van der Waals surface area contributed by atoms with E-state index in [0.29, 0.717) is 24.4 Å². The van der Waals surface area contributed by atoms with Gasteiger partial charge in [0.15, 0.2) is 0 Å². The average molecular weight is 439 g/mol. The number of carbonyl (C=O) groups excluding carboxylic acids is 2. The largest absolute Gasteiger partial charge is 0.441 e. The second kappa shape index (κ2) is 10.6. The number of benzene rings is 2. The van der Waals surface area contributed by atoms with Gasteiger partial charge in [-0.15, -0.1) is 0 Å². The Balaban J connectivity index is 1.61. The van der Waals surface area contributed by atoms with E-state index in [-0.39, 0.29) is 18.3 Å². The molecule has 32 heavy (non-hydrogen) atoms. The fraction of sp³-hybridized carbons (Fsp3) is 0.292. The van der Waals surface area contributed by atoms with Crippen molar-refractivity contribution in [2.45, 2.75) is 46.2 Å². The monoisotopic (exact) mass is 438 g/mol. The van der Waals surface area contributed by atoms with Crippen LogP contribution < -0.4 is 16.0 Å². The molecule has 0 aliphatic rings. The van der Waals surface area contributed by atoms with Crippen LogP contribution in [-0.4, -0.2) is 23.0 Å². The SMILES string of the molecule is CCCC(NC(=O)NCc1ccc(F)cc1)C(=O)Nc1cccc(-c2nc(C)c(C)o2)c1. The Hall–Kier alpha value is -3.68. The van der Waals surface area contributed by atoms with Crippen LogP contribution in [0, 0.1) is 19.7 Å². The molecule has 1 heterocycles. The number of hydrogen-bond donors (Lipinski definition) is 3. The van der Waals surface area contributed by atoms with Crippen LogP contribution in [0.2, 0.25) is 0 Å². The molecular weight excluding hydrogens is 411 g/mol. The number of anilines is 1. The van der Waals surface area contributed by atoms with Gasteiger partial charge in [-0.2, -0.15) is 0 Å². The molecule has 3 rings (SSSR count). The fourth-order valence-electron chi connectivity index (χ4n) is 3.11. The number of carbonyl (C=O) groups is 2. The lowest BCUT2D eigenvalue weighted by molar-refractivity contribution is -0.118. The molecule has 0 saturated carbocycles. The summed E-state index contributed by atoms with van der Waals surface area (Å²) in [5.41, 5.74) is 2.90. The summed E-state index contributed by atoms with van der Waals surface area (Å²) in [7, 11) is 0. The van der Waals surface area contributed by atoms with Crippen molar-refractivity contribution < 1.29 is 18.4 Å². The lowest BCUT2D eigenvalue weighted by atomic mass is 10.1. The highest BCUT2D eigenvalue weighted by molar-refractivity contribution is 5.97. The molecule has 0 bridgehead atoms. The Morgan fingerprint density at radius 2 is 1.88 bits per heavy atom. The molecule has 0 radical (unpaired) electrons. The van der Waals surface area contributed by atoms with Crippen molar-refractivity contribution in [3.63, 3.8) is 0 Å². The molecule has 1 unspecified atom stereocenters. The molecule has 3 N–H and O–H groups in total. The van der Waals surface area contributed by atoms with Crippen molar-refractivity contribution in [1.82, 2.24) is 15.6 Å². The first-order valence-electron chi connectivity index (χ1n) is 10.5. The summed E-state index contributed by atoms with van der Waals surface area (Å²) in [6, 6.07) is 11.9. The van der Waals surface area contributed by atoms with Crippen LogP contribution in [0.5, 0.6) is 0 Å². The Labute approximate surface area is 186 Å². The maximum Gasteiger partial charge on any atom is 0.315 e. The number of amides is 3. The summed E-state index contributed by atoms with van der Waals surface area (Å²) in [5, 5.41) is 8.25. The minimum atomic E-state index is -0.705. The maximum atomic E-state index is 13.0. The lowest BCUT2D eigenvalue weighted by Gasteiger charge is -2.18. The van der Waals surface area contributed by atoms with Gasteiger partial charge in [-0.3, -0.25) is 4.79 Å². The van der Waals surface area contributed by atoms with E-state index in [0.717, 1.165) is 22.6 Å². The average Bonchev–Trinajstić information content (AvgIpc) is 3.11. The van der Waals surface area contributed by atoms with E-state index in [4.69, 9.17) is 4.42 Å². The quantitative estimate of drug-likeness (QED) is 0.475. The topological polar surface area (TPSA) is 96.3 Å². The van der Waals surface area contributed by atoms with Gasteiger partial charge in [-0.25, -0.2) is 14.2 Å². The maximum absolute atomic E-state index is 13.0. The van der Waals surface area contributed by atoms with Gasteiger partial charge < -0.3 is 20.4 Å². The van der Waals surface area contributed by atoms with Gasteiger partial charge >= 0.3 is 6.03 Å². The molecule has 2 aromatic carbocycles. The molecular formula is C24H27FN4O3. The molecule has 8 heteroatoms. The van der Waals surface area contributed by atoms with Crippen molar-refractivity contribution in [2.75, 3.05) is 5.32 Å². The van der Waals surface area contributed by atoms with Crippen molar-refractivity contribution in [1.29, 1.82) is 0 Å². The van der Waals surface area contributed by atoms with E-state index in [2.05, 4.69) is 20.9 Å². The van der Waals surface area contributed by atoms with E-state index in [1.54, 1.807) is 30.3 Å². The predicted molar refractivity (Wildman–Crippen MR) is 121 cm³/mol. The minimum Gasteiger partial charge on any atom is -0.441 e. The first kappa shape index (κ1) is 23.0. The standard InChI is InChI=1S/C24H27FN4O3/c1-4-6-21(29-24(31)26-14-17-9-11-19(25)12-10-17)22(30)28-20-8-5-7-18(13-20)23-27-15(2)16(3)32-23/h5,7-13,21H,4,6,14H2,1-3H3,(H,28,30)(H2,26,29,31). The number of aromatic nitrogens is 1. The van der Waals surface area contributed by atoms with Crippen molar-refractivity contribution in [3.05, 3.63) is 71.4 Å². The lowest BCUT2D eigenvalue weighted by Crippen LogP contribution is -2.47. The van der Waals surface area contributed by atoms with E-state index in [1.807, 2.05) is 26.8 Å². The van der Waals surface area contributed by atoms with Gasteiger partial charge in [0.25, 0.3) is 0 Å². The summed E-state index contributed by atoms with van der Waals surface area (Å²) in [4.78, 5) is 29.5. The number of hydrogen-bond acceptors (Lipinski definition) is 4. The molecule has 7 nitrogen and oxygen atoms in total. The van der Waals surface area contributed by atoms with E-state index < -0.39 is 12.1 Å². The Morgan fingerprint density at radius 3 is 2.53 bits per heavy atom. The van der Waals surface area contributed by atoms with E-state index >= 15 is 0 Å². The highest BCUT2D eigenvalue weighted by atomic mass is 19.1. The summed E-state index contributed by atoms with van der Waals surface area (Å²) in [6.45, 7) is 5.88. The molecule has 0 aliphatic carbocycles. The number of aryl methyl sites for hydroxylation is 2. The Bertz CT molecular complexity index is 1060. The zero-order chi connectivity index (χ0) is 23.1. The van der Waals surface area contributed by atoms with Gasteiger partial charge in [0, 0.05) is 17.8 Å². The zero-order valence-corrected chi connectivity index (χ0v) is 18.4. The number of halogens is 1. The smallest absolute Gasteiger partial charge is 0.315 e. The van der Waals surface area contributed by atoms with E-state index in [1.165, 1.54) is 12.1 Å². The highest BCUT2D eigenvalue weighted by Gasteiger charge is 2.20. The predicted octanol–water partition coefficient (Wildman–Crippen LogP) is 4.70. The summed E-state index contributed by atoms with van der Waals surface area (Å²) >= 11 is 0. The highest BCUT2D eigenvalue weighted by Crippen LogP contribution is 2.24. The third kappa shape index (κ3) is 6.16. The first-order valence-corrected chi connectivity index (χ1v) is 10.5. The molecule has 3 amide bonds. The molecule has 0 saturated heterocycles. The summed E-state index contributed by atoms with van der Waals surface area (Å²) in [5.74, 6) is 0.573. The van der Waals surface area contributed by atoms with Crippen LogP contribution >= 0.6 is 0 Å². The van der Waals surface area contributed by atoms with Gasteiger partial charge in [-0.1, -0.05) is 31.5 Å². The van der Waals surface area contributed by atoms with Crippen LogP contribution in [0.1, 0.15) is 36.8 Å². The van der Waals surface area contributed by atoms with Crippen LogP contribution in [0.3, 0.4) is 0 Å². The second-order valence-electron chi connectivity index (χ2n) is 7.53. The minimum absolute atomic E-state index is 0.226. The molecule has 0 spiro atoms. The van der Waals surface area contributed by atoms with Gasteiger partial charge in [0.1, 0.15) is 17.6 Å². The first-order chi connectivity index (χ1) is 15.4. The molecule has 1 aromatic heterocycles. The Kier molecular flexibility index (Phi) is 7.59. The molecule has 168 valence electrons.